The molecule has 0 spiro atoms. The summed E-state index contributed by atoms with van der Waals surface area (Å²) in [7, 11) is 3.67. The summed E-state index contributed by atoms with van der Waals surface area (Å²) in [5.74, 6) is 0.300. The van der Waals surface area contributed by atoms with Crippen LogP contribution in [0.5, 0.6) is 5.75 Å². The zero-order valence-electron chi connectivity index (χ0n) is 18.6. The Morgan fingerprint density at radius 3 is 2.66 bits per heavy atom. The number of anilines is 1. The van der Waals surface area contributed by atoms with Gasteiger partial charge in [0.25, 0.3) is 5.91 Å². The molecule has 0 saturated carbocycles. The molecule has 168 valence electrons. The fraction of sp³-hybridized carbons (Fsp3) is 0.360. The Morgan fingerprint density at radius 1 is 1.12 bits per heavy atom. The third-order valence-electron chi connectivity index (χ3n) is 5.96. The Morgan fingerprint density at radius 2 is 1.88 bits per heavy atom. The minimum atomic E-state index is -0.453. The van der Waals surface area contributed by atoms with Crippen LogP contribution < -0.4 is 15.8 Å². The van der Waals surface area contributed by atoms with E-state index in [0.717, 1.165) is 54.3 Å². The van der Waals surface area contributed by atoms with Gasteiger partial charge in [-0.2, -0.15) is 0 Å². The Hall–Kier alpha value is -2.90. The van der Waals surface area contributed by atoms with Crippen LogP contribution in [0.1, 0.15) is 45.6 Å². The van der Waals surface area contributed by atoms with Gasteiger partial charge in [0, 0.05) is 24.4 Å². The number of ether oxygens (including phenoxy) is 1. The van der Waals surface area contributed by atoms with E-state index in [4.69, 9.17) is 10.5 Å². The van der Waals surface area contributed by atoms with Crippen LogP contribution in [-0.2, 0) is 24.2 Å². The minimum absolute atomic E-state index is 0.0939. The number of primary amides is 1. The van der Waals surface area contributed by atoms with E-state index in [1.807, 2.05) is 19.2 Å². The number of methoxy groups -OCH3 is 1. The maximum atomic E-state index is 12.6. The van der Waals surface area contributed by atoms with E-state index in [1.165, 1.54) is 21.8 Å². The molecule has 6 nitrogen and oxygen atoms in total. The molecule has 0 fully saturated rings. The third-order valence-corrected chi connectivity index (χ3v) is 7.16. The number of nitrogens with one attached hydrogen (secondary N) is 1. The molecule has 1 heterocycles. The number of nitrogens with two attached hydrogens (primary N) is 1. The number of nitrogens with zero attached hydrogens (tertiary/aromatic N) is 1. The summed E-state index contributed by atoms with van der Waals surface area (Å²) in [6.07, 6.45) is 4.34. The highest BCUT2D eigenvalue weighted by atomic mass is 32.1. The van der Waals surface area contributed by atoms with E-state index in [2.05, 4.69) is 34.5 Å². The van der Waals surface area contributed by atoms with Gasteiger partial charge in [-0.1, -0.05) is 18.2 Å². The molecule has 1 aliphatic rings. The maximum Gasteiger partial charge on any atom is 0.251 e. The average Bonchev–Trinajstić information content (AvgIpc) is 3.15. The van der Waals surface area contributed by atoms with Crippen molar-refractivity contribution < 1.29 is 14.3 Å². The molecular weight excluding hydrogens is 422 g/mol. The van der Waals surface area contributed by atoms with Crippen molar-refractivity contribution in [3.63, 3.8) is 0 Å². The van der Waals surface area contributed by atoms with E-state index in [9.17, 15) is 9.59 Å². The zero-order valence-corrected chi connectivity index (χ0v) is 19.4. The molecule has 0 unspecified atom stereocenters. The van der Waals surface area contributed by atoms with Crippen molar-refractivity contribution in [2.75, 3.05) is 26.0 Å². The molecule has 1 aliphatic carbocycles. The van der Waals surface area contributed by atoms with Gasteiger partial charge in [0.1, 0.15) is 10.8 Å². The maximum absolute atomic E-state index is 12.6. The SMILES string of the molecule is COc1ccc2cc(CN(C)CCC(=O)Nc3sc4c(c3C(N)=O)CCCC4)ccc2c1. The number of rotatable bonds is 8. The molecule has 3 aromatic rings. The Balaban J connectivity index is 1.35. The molecule has 0 bridgehead atoms. The summed E-state index contributed by atoms with van der Waals surface area (Å²) in [6.45, 7) is 1.36. The summed E-state index contributed by atoms with van der Waals surface area (Å²) in [4.78, 5) is 27.9. The van der Waals surface area contributed by atoms with Crippen molar-refractivity contribution in [2.24, 2.45) is 5.73 Å². The van der Waals surface area contributed by atoms with Crippen molar-refractivity contribution in [2.45, 2.75) is 38.6 Å². The quantitative estimate of drug-likeness (QED) is 0.533. The van der Waals surface area contributed by atoms with Crippen LogP contribution in [-0.4, -0.2) is 37.4 Å². The fourth-order valence-electron chi connectivity index (χ4n) is 4.29. The van der Waals surface area contributed by atoms with Crippen LogP contribution >= 0.6 is 11.3 Å². The molecule has 2 aromatic carbocycles. The Bertz CT molecular complexity index is 1150. The minimum Gasteiger partial charge on any atom is -0.497 e. The van der Waals surface area contributed by atoms with Crippen LogP contribution in [0.4, 0.5) is 5.00 Å². The van der Waals surface area contributed by atoms with Gasteiger partial charge in [0.15, 0.2) is 0 Å². The summed E-state index contributed by atoms with van der Waals surface area (Å²) in [5, 5.41) is 5.86. The number of carbonyl (C=O) groups is 2. The molecule has 2 amide bonds. The lowest BCUT2D eigenvalue weighted by molar-refractivity contribution is -0.116. The van der Waals surface area contributed by atoms with E-state index < -0.39 is 5.91 Å². The van der Waals surface area contributed by atoms with Gasteiger partial charge < -0.3 is 20.7 Å². The molecule has 0 aliphatic heterocycles. The molecular formula is C25H29N3O3S. The van der Waals surface area contributed by atoms with Gasteiger partial charge in [0.2, 0.25) is 5.91 Å². The van der Waals surface area contributed by atoms with Crippen LogP contribution in [0, 0.1) is 0 Å². The second-order valence-corrected chi connectivity index (χ2v) is 9.47. The van der Waals surface area contributed by atoms with Gasteiger partial charge >= 0.3 is 0 Å². The highest BCUT2D eigenvalue weighted by molar-refractivity contribution is 7.17. The number of hydrogen-bond donors (Lipinski definition) is 2. The van der Waals surface area contributed by atoms with Crippen molar-refractivity contribution in [1.82, 2.24) is 4.90 Å². The van der Waals surface area contributed by atoms with Crippen LogP contribution in [0.3, 0.4) is 0 Å². The van der Waals surface area contributed by atoms with Crippen LogP contribution in [0.2, 0.25) is 0 Å². The fourth-order valence-corrected chi connectivity index (χ4v) is 5.60. The largest absolute Gasteiger partial charge is 0.497 e. The molecule has 7 heteroatoms. The first-order valence-electron chi connectivity index (χ1n) is 10.9. The number of carbonyl (C=O) groups excluding carboxylic acids is 2. The highest BCUT2D eigenvalue weighted by Crippen LogP contribution is 2.37. The average molecular weight is 452 g/mol. The number of hydrogen-bond acceptors (Lipinski definition) is 5. The number of aryl methyl sites for hydroxylation is 1. The van der Waals surface area contributed by atoms with Crippen LogP contribution in [0.15, 0.2) is 36.4 Å². The number of thiophene rings is 1. The predicted octanol–water partition coefficient (Wildman–Crippen LogP) is 4.35. The smallest absolute Gasteiger partial charge is 0.251 e. The lowest BCUT2D eigenvalue weighted by atomic mass is 9.95. The van der Waals surface area contributed by atoms with Crippen molar-refractivity contribution in [3.05, 3.63) is 58.0 Å². The standard InChI is InChI=1S/C25H29N3O3S/c1-28(15-16-7-8-18-14-19(31-2)10-9-17(18)13-16)12-11-22(29)27-25-23(24(26)30)20-5-3-4-6-21(20)32-25/h7-10,13-14H,3-6,11-12,15H2,1-2H3,(H2,26,30)(H,27,29). The van der Waals surface area contributed by atoms with E-state index >= 15 is 0 Å². The van der Waals surface area contributed by atoms with Gasteiger partial charge in [0.05, 0.1) is 12.7 Å². The number of amides is 2. The normalized spacial score (nSPS) is 13.2. The zero-order chi connectivity index (χ0) is 22.7. The second-order valence-electron chi connectivity index (χ2n) is 8.36. The van der Waals surface area contributed by atoms with Gasteiger partial charge in [-0.05, 0) is 72.8 Å². The highest BCUT2D eigenvalue weighted by Gasteiger charge is 2.24. The second kappa shape index (κ2) is 9.71. The molecule has 1 aromatic heterocycles. The molecule has 0 radical (unpaired) electrons. The summed E-state index contributed by atoms with van der Waals surface area (Å²) in [5.41, 5.74) is 8.36. The van der Waals surface area contributed by atoms with Crippen LogP contribution in [0.25, 0.3) is 10.8 Å². The van der Waals surface area contributed by atoms with Crippen molar-refractivity contribution in [1.29, 1.82) is 0 Å². The van der Waals surface area contributed by atoms with Crippen molar-refractivity contribution >= 4 is 38.9 Å². The summed E-state index contributed by atoms with van der Waals surface area (Å²) in [6, 6.07) is 12.4. The topological polar surface area (TPSA) is 84.7 Å². The monoisotopic (exact) mass is 451 g/mol. The first kappa shape index (κ1) is 22.3. The first-order valence-corrected chi connectivity index (χ1v) is 11.8. The Kier molecular flexibility index (Phi) is 6.77. The molecule has 3 N–H and O–H groups in total. The van der Waals surface area contributed by atoms with Gasteiger partial charge in [-0.15, -0.1) is 11.3 Å². The van der Waals surface area contributed by atoms with E-state index in [1.54, 1.807) is 7.11 Å². The molecule has 0 atom stereocenters. The lowest BCUT2D eigenvalue weighted by Crippen LogP contribution is -2.24. The third kappa shape index (κ3) is 4.95. The number of fused-ring (bicyclic) bond motifs is 2. The first-order chi connectivity index (χ1) is 15.4. The van der Waals surface area contributed by atoms with E-state index in [0.29, 0.717) is 23.5 Å². The lowest BCUT2D eigenvalue weighted by Gasteiger charge is -2.17. The van der Waals surface area contributed by atoms with E-state index in [-0.39, 0.29) is 5.91 Å². The van der Waals surface area contributed by atoms with Gasteiger partial charge in [-0.25, -0.2) is 0 Å². The molecule has 4 rings (SSSR count). The molecule has 0 saturated heterocycles. The Labute approximate surface area is 192 Å². The summed E-state index contributed by atoms with van der Waals surface area (Å²) < 4.78 is 5.29. The number of benzene rings is 2. The van der Waals surface area contributed by atoms with Gasteiger partial charge in [-0.3, -0.25) is 9.59 Å². The molecule has 32 heavy (non-hydrogen) atoms. The van der Waals surface area contributed by atoms with Crippen molar-refractivity contribution in [3.8, 4) is 5.75 Å². The predicted molar refractivity (Wildman–Crippen MR) is 130 cm³/mol. The summed E-state index contributed by atoms with van der Waals surface area (Å²) >= 11 is 1.50.